The second-order valence-electron chi connectivity index (χ2n) is 3.08. The lowest BCUT2D eigenvalue weighted by atomic mass is 10.3. The summed E-state index contributed by atoms with van der Waals surface area (Å²) >= 11 is 0. The van der Waals surface area contributed by atoms with Crippen molar-refractivity contribution in [1.82, 2.24) is 4.98 Å². The highest BCUT2D eigenvalue weighted by Gasteiger charge is 1.98. The van der Waals surface area contributed by atoms with E-state index in [-0.39, 0.29) is 0 Å². The molecule has 0 aliphatic rings. The zero-order valence-corrected chi connectivity index (χ0v) is 8.22. The van der Waals surface area contributed by atoms with Crippen LogP contribution in [0.2, 0.25) is 0 Å². The van der Waals surface area contributed by atoms with Gasteiger partial charge in [0.05, 0.1) is 6.26 Å². The standard InChI is InChI=1S/C11H12N2O2/c12-6-9-3-4-11(13-7-9)15-8-10-2-1-5-14-10/h1-5,7H,6,8,12H2. The Bertz CT molecular complexity index is 395. The molecule has 2 rings (SSSR count). The number of hydrogen-bond donors (Lipinski definition) is 1. The maximum Gasteiger partial charge on any atom is 0.213 e. The van der Waals surface area contributed by atoms with Crippen molar-refractivity contribution in [3.05, 3.63) is 48.0 Å². The SMILES string of the molecule is NCc1ccc(OCc2ccco2)nc1. The smallest absolute Gasteiger partial charge is 0.213 e. The van der Waals surface area contributed by atoms with Crippen LogP contribution in [0.4, 0.5) is 0 Å². The van der Waals surface area contributed by atoms with Gasteiger partial charge in [0.15, 0.2) is 0 Å². The Balaban J connectivity index is 1.93. The van der Waals surface area contributed by atoms with E-state index >= 15 is 0 Å². The Morgan fingerprint density at radius 2 is 2.27 bits per heavy atom. The maximum atomic E-state index is 5.46. The van der Waals surface area contributed by atoms with Gasteiger partial charge in [-0.05, 0) is 17.7 Å². The highest BCUT2D eigenvalue weighted by molar-refractivity contribution is 5.17. The van der Waals surface area contributed by atoms with Crippen molar-refractivity contribution in [3.8, 4) is 5.88 Å². The average molecular weight is 204 g/mol. The number of nitrogens with two attached hydrogens (primary N) is 1. The van der Waals surface area contributed by atoms with E-state index in [1.807, 2.05) is 18.2 Å². The van der Waals surface area contributed by atoms with Crippen LogP contribution >= 0.6 is 0 Å². The van der Waals surface area contributed by atoms with Gasteiger partial charge >= 0.3 is 0 Å². The van der Waals surface area contributed by atoms with E-state index < -0.39 is 0 Å². The topological polar surface area (TPSA) is 61.3 Å². The quantitative estimate of drug-likeness (QED) is 0.823. The minimum absolute atomic E-state index is 0.391. The van der Waals surface area contributed by atoms with Gasteiger partial charge in [-0.3, -0.25) is 0 Å². The first-order valence-electron chi connectivity index (χ1n) is 4.68. The second-order valence-corrected chi connectivity index (χ2v) is 3.08. The minimum Gasteiger partial charge on any atom is -0.469 e. The summed E-state index contributed by atoms with van der Waals surface area (Å²) in [6.45, 7) is 0.882. The fraction of sp³-hybridized carbons (Fsp3) is 0.182. The third-order valence-corrected chi connectivity index (χ3v) is 1.98. The molecule has 0 fully saturated rings. The van der Waals surface area contributed by atoms with E-state index in [2.05, 4.69) is 4.98 Å². The molecule has 0 aromatic carbocycles. The number of ether oxygens (including phenoxy) is 1. The van der Waals surface area contributed by atoms with Gasteiger partial charge in [0.2, 0.25) is 5.88 Å². The molecule has 0 bridgehead atoms. The summed E-state index contributed by atoms with van der Waals surface area (Å²) in [5.74, 6) is 1.35. The van der Waals surface area contributed by atoms with Crippen molar-refractivity contribution >= 4 is 0 Å². The average Bonchev–Trinajstić information content (AvgIpc) is 2.80. The van der Waals surface area contributed by atoms with Crippen LogP contribution in [0.15, 0.2) is 41.1 Å². The summed E-state index contributed by atoms with van der Waals surface area (Å²) in [4.78, 5) is 4.11. The molecule has 0 atom stereocenters. The lowest BCUT2D eigenvalue weighted by Gasteiger charge is -2.03. The molecule has 0 aliphatic carbocycles. The van der Waals surface area contributed by atoms with Crippen molar-refractivity contribution in [2.75, 3.05) is 0 Å². The van der Waals surface area contributed by atoms with Gasteiger partial charge in [-0.25, -0.2) is 4.98 Å². The Hall–Kier alpha value is -1.81. The Kier molecular flexibility index (Phi) is 2.99. The van der Waals surface area contributed by atoms with Gasteiger partial charge in [-0.15, -0.1) is 0 Å². The molecule has 78 valence electrons. The van der Waals surface area contributed by atoms with Gasteiger partial charge in [-0.2, -0.15) is 0 Å². The molecule has 4 nitrogen and oxygen atoms in total. The fourth-order valence-electron chi connectivity index (χ4n) is 1.16. The van der Waals surface area contributed by atoms with Crippen LogP contribution in [-0.2, 0) is 13.2 Å². The van der Waals surface area contributed by atoms with Gasteiger partial charge in [0.25, 0.3) is 0 Å². The van der Waals surface area contributed by atoms with Gasteiger partial charge in [0.1, 0.15) is 12.4 Å². The predicted octanol–water partition coefficient (Wildman–Crippen LogP) is 1.71. The molecule has 2 N–H and O–H groups in total. The molecule has 0 spiro atoms. The number of aromatic nitrogens is 1. The van der Waals surface area contributed by atoms with E-state index in [1.165, 1.54) is 0 Å². The minimum atomic E-state index is 0.391. The Labute approximate surface area is 87.7 Å². The molecule has 0 unspecified atom stereocenters. The van der Waals surface area contributed by atoms with Crippen LogP contribution in [0.3, 0.4) is 0 Å². The molecule has 0 saturated heterocycles. The van der Waals surface area contributed by atoms with Crippen molar-refractivity contribution in [2.45, 2.75) is 13.2 Å². The Morgan fingerprint density at radius 3 is 2.87 bits per heavy atom. The third kappa shape index (κ3) is 2.57. The first-order valence-corrected chi connectivity index (χ1v) is 4.68. The summed E-state index contributed by atoms with van der Waals surface area (Å²) in [7, 11) is 0. The van der Waals surface area contributed by atoms with Crippen LogP contribution in [0.1, 0.15) is 11.3 Å². The Morgan fingerprint density at radius 1 is 1.33 bits per heavy atom. The summed E-state index contributed by atoms with van der Waals surface area (Å²) < 4.78 is 10.5. The number of furan rings is 1. The van der Waals surface area contributed by atoms with Gasteiger partial charge in [0, 0.05) is 18.8 Å². The molecular formula is C11H12N2O2. The number of hydrogen-bond acceptors (Lipinski definition) is 4. The summed E-state index contributed by atoms with van der Waals surface area (Å²) in [5, 5.41) is 0. The molecular weight excluding hydrogens is 192 g/mol. The van der Waals surface area contributed by atoms with E-state index in [9.17, 15) is 0 Å². The van der Waals surface area contributed by atoms with Crippen LogP contribution in [0.5, 0.6) is 5.88 Å². The molecule has 2 aromatic heterocycles. The number of pyridine rings is 1. The fourth-order valence-corrected chi connectivity index (χ4v) is 1.16. The van der Waals surface area contributed by atoms with E-state index in [0.29, 0.717) is 19.0 Å². The summed E-state index contributed by atoms with van der Waals surface area (Å²) in [5.41, 5.74) is 6.44. The molecule has 15 heavy (non-hydrogen) atoms. The zero-order valence-electron chi connectivity index (χ0n) is 8.22. The van der Waals surface area contributed by atoms with Crippen molar-refractivity contribution in [3.63, 3.8) is 0 Å². The van der Waals surface area contributed by atoms with E-state index in [1.54, 1.807) is 18.5 Å². The molecule has 0 aliphatic heterocycles. The second kappa shape index (κ2) is 4.61. The van der Waals surface area contributed by atoms with Crippen molar-refractivity contribution < 1.29 is 9.15 Å². The lowest BCUT2D eigenvalue weighted by molar-refractivity contribution is 0.260. The predicted molar refractivity (Wildman–Crippen MR) is 55.2 cm³/mol. The van der Waals surface area contributed by atoms with Gasteiger partial charge in [-0.1, -0.05) is 6.07 Å². The van der Waals surface area contributed by atoms with Gasteiger partial charge < -0.3 is 14.9 Å². The van der Waals surface area contributed by atoms with Crippen LogP contribution in [-0.4, -0.2) is 4.98 Å². The summed E-state index contributed by atoms with van der Waals surface area (Å²) in [6.07, 6.45) is 3.32. The van der Waals surface area contributed by atoms with E-state index in [0.717, 1.165) is 11.3 Å². The molecule has 2 heterocycles. The highest BCUT2D eigenvalue weighted by Crippen LogP contribution is 2.10. The maximum absolute atomic E-state index is 5.46. The van der Waals surface area contributed by atoms with Crippen LogP contribution in [0, 0.1) is 0 Å². The number of rotatable bonds is 4. The monoisotopic (exact) mass is 204 g/mol. The third-order valence-electron chi connectivity index (χ3n) is 1.98. The first-order chi connectivity index (χ1) is 7.38. The highest BCUT2D eigenvalue weighted by atomic mass is 16.5. The molecule has 0 radical (unpaired) electrons. The first kappa shape index (κ1) is 9.73. The molecule has 4 heteroatoms. The van der Waals surface area contributed by atoms with E-state index in [4.69, 9.17) is 14.9 Å². The molecule has 0 saturated carbocycles. The summed E-state index contributed by atoms with van der Waals surface area (Å²) in [6, 6.07) is 7.37. The number of nitrogens with zero attached hydrogens (tertiary/aromatic N) is 1. The van der Waals surface area contributed by atoms with Crippen LogP contribution < -0.4 is 10.5 Å². The lowest BCUT2D eigenvalue weighted by Crippen LogP contribution is -1.99. The van der Waals surface area contributed by atoms with Crippen LogP contribution in [0.25, 0.3) is 0 Å². The van der Waals surface area contributed by atoms with Crippen molar-refractivity contribution in [2.24, 2.45) is 5.73 Å². The molecule has 0 amide bonds. The van der Waals surface area contributed by atoms with Crippen molar-refractivity contribution in [1.29, 1.82) is 0 Å². The zero-order chi connectivity index (χ0) is 10.5. The normalized spacial score (nSPS) is 10.2. The molecule has 2 aromatic rings. The largest absolute Gasteiger partial charge is 0.469 e.